The normalized spacial score (nSPS) is 17.4. The van der Waals surface area contributed by atoms with E-state index in [2.05, 4.69) is 5.32 Å². The van der Waals surface area contributed by atoms with E-state index in [1.807, 2.05) is 6.92 Å². The summed E-state index contributed by atoms with van der Waals surface area (Å²) in [6, 6.07) is 5.45. The van der Waals surface area contributed by atoms with Crippen LogP contribution in [0.3, 0.4) is 0 Å². The molecular weight excluding hydrogens is 398 g/mol. The lowest BCUT2D eigenvalue weighted by Gasteiger charge is -2.33. The van der Waals surface area contributed by atoms with Gasteiger partial charge in [0.05, 0.1) is 11.4 Å². The van der Waals surface area contributed by atoms with Crippen LogP contribution in [-0.2, 0) is 29.1 Å². The van der Waals surface area contributed by atoms with Crippen LogP contribution in [0.5, 0.6) is 0 Å². The topological polar surface area (TPSA) is 113 Å². The van der Waals surface area contributed by atoms with Crippen molar-refractivity contribution in [1.29, 1.82) is 0 Å². The van der Waals surface area contributed by atoms with Gasteiger partial charge in [-0.3, -0.25) is 14.4 Å². The quantitative estimate of drug-likeness (QED) is 0.628. The fourth-order valence-corrected chi connectivity index (χ4v) is 4.64. The first-order chi connectivity index (χ1) is 13.7. The van der Waals surface area contributed by atoms with Crippen molar-refractivity contribution in [2.75, 3.05) is 33.8 Å². The van der Waals surface area contributed by atoms with Crippen molar-refractivity contribution in [1.82, 2.24) is 14.5 Å². The number of nitrogens with zero attached hydrogens (tertiary/aromatic N) is 2. The largest absolute Gasteiger partial charge is 0.454 e. The molecule has 0 aliphatic carbocycles. The van der Waals surface area contributed by atoms with Crippen LogP contribution >= 0.6 is 0 Å². The molecule has 0 unspecified atom stereocenters. The zero-order chi connectivity index (χ0) is 21.6. The van der Waals surface area contributed by atoms with Gasteiger partial charge in [-0.15, -0.1) is 0 Å². The zero-order valence-corrected chi connectivity index (χ0v) is 17.7. The number of aryl methyl sites for hydroxylation is 1. The van der Waals surface area contributed by atoms with Gasteiger partial charge in [-0.2, -0.15) is 4.31 Å². The molecule has 1 fully saturated rings. The number of ether oxygens (including phenoxy) is 1. The average Bonchev–Trinajstić information content (AvgIpc) is 2.71. The Morgan fingerprint density at radius 3 is 2.48 bits per heavy atom. The number of likely N-dealkylation sites (N-methyl/N-ethyl adjacent to an activating group) is 2. The minimum Gasteiger partial charge on any atom is -0.454 e. The maximum Gasteiger partial charge on any atom is 0.324 e. The first-order valence-electron chi connectivity index (χ1n) is 9.36. The number of nitrogens with one attached hydrogen (secondary N) is 1. The van der Waals surface area contributed by atoms with Crippen LogP contribution in [0.25, 0.3) is 0 Å². The van der Waals surface area contributed by atoms with E-state index in [9.17, 15) is 22.8 Å². The fraction of sp³-hybridized carbons (Fsp3) is 0.526. The van der Waals surface area contributed by atoms with Crippen molar-refractivity contribution >= 4 is 27.8 Å². The predicted octanol–water partition coefficient (Wildman–Crippen LogP) is 0.286. The van der Waals surface area contributed by atoms with Crippen LogP contribution in [0.4, 0.5) is 0 Å². The van der Waals surface area contributed by atoms with Crippen LogP contribution in [0.15, 0.2) is 29.2 Å². The Labute approximate surface area is 171 Å². The minimum atomic E-state index is -3.86. The Morgan fingerprint density at radius 2 is 1.86 bits per heavy atom. The monoisotopic (exact) mass is 425 g/mol. The zero-order valence-electron chi connectivity index (χ0n) is 16.9. The third-order valence-electron chi connectivity index (χ3n) is 4.78. The van der Waals surface area contributed by atoms with Gasteiger partial charge < -0.3 is 15.0 Å². The molecule has 0 saturated carbocycles. The summed E-state index contributed by atoms with van der Waals surface area (Å²) in [6.45, 7) is 1.35. The Hall–Kier alpha value is -2.46. The summed E-state index contributed by atoms with van der Waals surface area (Å²) in [4.78, 5) is 37.2. The highest BCUT2D eigenvalue weighted by Crippen LogP contribution is 2.26. The Balaban J connectivity index is 2.06. The molecule has 10 heteroatoms. The maximum absolute atomic E-state index is 13.0. The van der Waals surface area contributed by atoms with Gasteiger partial charge >= 0.3 is 5.97 Å². The number of carbonyl (C=O) groups excluding carboxylic acids is 3. The molecule has 1 N–H and O–H groups in total. The number of esters is 1. The second-order valence-corrected chi connectivity index (χ2v) is 8.86. The molecule has 1 aromatic carbocycles. The van der Waals surface area contributed by atoms with Crippen LogP contribution in [-0.4, -0.2) is 75.2 Å². The van der Waals surface area contributed by atoms with Crippen LogP contribution in [0, 0.1) is 6.92 Å². The molecule has 29 heavy (non-hydrogen) atoms. The molecule has 9 nitrogen and oxygen atoms in total. The second-order valence-electron chi connectivity index (χ2n) is 6.97. The van der Waals surface area contributed by atoms with Gasteiger partial charge in [0.15, 0.2) is 6.61 Å². The van der Waals surface area contributed by atoms with E-state index in [1.165, 1.54) is 26.2 Å². The molecule has 160 valence electrons. The van der Waals surface area contributed by atoms with Gasteiger partial charge in [0, 0.05) is 20.6 Å². The third-order valence-corrected chi connectivity index (χ3v) is 6.70. The first kappa shape index (κ1) is 22.8. The standard InChI is InChI=1S/C19H27N3O6S/c1-14-7-9-15(10-8-14)29(26,27)22-11-5-4-6-16(22)19(25)28-13-18(24)21(3)12-17(23)20-2/h7-10,16H,4-6,11-13H2,1-3H3,(H,20,23)/t16-/m0/s1. The number of hydrogen-bond donors (Lipinski definition) is 1. The molecule has 1 heterocycles. The van der Waals surface area contributed by atoms with Crippen molar-refractivity contribution in [3.05, 3.63) is 29.8 Å². The van der Waals surface area contributed by atoms with E-state index in [1.54, 1.807) is 12.1 Å². The van der Waals surface area contributed by atoms with E-state index in [0.717, 1.165) is 14.8 Å². The Kier molecular flexibility index (Phi) is 7.74. The highest BCUT2D eigenvalue weighted by Gasteiger charge is 2.38. The molecule has 0 radical (unpaired) electrons. The summed E-state index contributed by atoms with van der Waals surface area (Å²) >= 11 is 0. The molecule has 0 bridgehead atoms. The molecule has 1 saturated heterocycles. The number of rotatable bonds is 7. The molecule has 0 spiro atoms. The molecule has 1 aromatic rings. The SMILES string of the molecule is CNC(=O)CN(C)C(=O)COC(=O)[C@@H]1CCCCN1S(=O)(=O)c1ccc(C)cc1. The molecule has 0 aromatic heterocycles. The summed E-state index contributed by atoms with van der Waals surface area (Å²) in [6.07, 6.45) is 1.65. The summed E-state index contributed by atoms with van der Waals surface area (Å²) < 4.78 is 32.3. The summed E-state index contributed by atoms with van der Waals surface area (Å²) in [7, 11) is -0.995. The van der Waals surface area contributed by atoms with Gasteiger partial charge in [-0.25, -0.2) is 8.42 Å². The second kappa shape index (κ2) is 9.84. The smallest absolute Gasteiger partial charge is 0.324 e. The van der Waals surface area contributed by atoms with Crippen LogP contribution in [0.1, 0.15) is 24.8 Å². The van der Waals surface area contributed by atoms with Crippen molar-refractivity contribution in [3.63, 3.8) is 0 Å². The number of carbonyl (C=O) groups is 3. The van der Waals surface area contributed by atoms with E-state index >= 15 is 0 Å². The molecule has 1 atom stereocenters. The van der Waals surface area contributed by atoms with Crippen LogP contribution in [0.2, 0.25) is 0 Å². The lowest BCUT2D eigenvalue weighted by atomic mass is 10.1. The lowest BCUT2D eigenvalue weighted by Crippen LogP contribution is -2.49. The Bertz CT molecular complexity index is 853. The number of piperidine rings is 1. The van der Waals surface area contributed by atoms with Crippen molar-refractivity contribution in [2.45, 2.75) is 37.1 Å². The number of benzene rings is 1. The van der Waals surface area contributed by atoms with Gasteiger partial charge in [0.25, 0.3) is 5.91 Å². The van der Waals surface area contributed by atoms with E-state index in [-0.39, 0.29) is 23.9 Å². The first-order valence-corrected chi connectivity index (χ1v) is 10.8. The van der Waals surface area contributed by atoms with Crippen molar-refractivity contribution in [2.24, 2.45) is 0 Å². The summed E-state index contributed by atoms with van der Waals surface area (Å²) in [5.41, 5.74) is 0.929. The van der Waals surface area contributed by atoms with Crippen LogP contribution < -0.4 is 5.32 Å². The van der Waals surface area contributed by atoms with Gasteiger partial charge in [0.1, 0.15) is 6.04 Å². The average molecular weight is 426 g/mol. The third kappa shape index (κ3) is 5.77. The summed E-state index contributed by atoms with van der Waals surface area (Å²) in [5.74, 6) is -1.66. The molecule has 1 aliphatic rings. The molecular formula is C19H27N3O6S. The molecule has 2 rings (SSSR count). The minimum absolute atomic E-state index is 0.115. The highest BCUT2D eigenvalue weighted by atomic mass is 32.2. The van der Waals surface area contributed by atoms with E-state index < -0.39 is 34.5 Å². The number of hydrogen-bond acceptors (Lipinski definition) is 6. The van der Waals surface area contributed by atoms with E-state index in [4.69, 9.17) is 4.74 Å². The van der Waals surface area contributed by atoms with Gasteiger partial charge in [0.2, 0.25) is 15.9 Å². The summed E-state index contributed by atoms with van der Waals surface area (Å²) in [5, 5.41) is 2.39. The molecule has 2 amide bonds. The van der Waals surface area contributed by atoms with Gasteiger partial charge in [-0.1, -0.05) is 17.7 Å². The van der Waals surface area contributed by atoms with Crippen molar-refractivity contribution < 1.29 is 27.5 Å². The van der Waals surface area contributed by atoms with Gasteiger partial charge in [-0.05, 0) is 38.3 Å². The number of amides is 2. The van der Waals surface area contributed by atoms with E-state index in [0.29, 0.717) is 19.3 Å². The predicted molar refractivity (Wildman–Crippen MR) is 105 cm³/mol. The molecule has 1 aliphatic heterocycles. The maximum atomic E-state index is 13.0. The highest BCUT2D eigenvalue weighted by molar-refractivity contribution is 7.89. The lowest BCUT2D eigenvalue weighted by molar-refractivity contribution is -0.155. The fourth-order valence-electron chi connectivity index (χ4n) is 3.00. The number of sulfonamides is 1. The Morgan fingerprint density at radius 1 is 1.21 bits per heavy atom. The van der Waals surface area contributed by atoms with Crippen molar-refractivity contribution in [3.8, 4) is 0 Å².